The van der Waals surface area contributed by atoms with Gasteiger partial charge in [-0.05, 0) is 74.2 Å². The first kappa shape index (κ1) is 21.2. The monoisotopic (exact) mass is 436 g/mol. The van der Waals surface area contributed by atoms with Crippen LogP contribution in [0.25, 0.3) is 11.1 Å². The Hall–Kier alpha value is -2.05. The van der Waals surface area contributed by atoms with Crippen molar-refractivity contribution < 1.29 is 18.0 Å². The first-order valence-electron chi connectivity index (χ1n) is 10.3. The molecule has 0 saturated carbocycles. The zero-order chi connectivity index (χ0) is 21.3. The number of halogens is 4. The Morgan fingerprint density at radius 1 is 0.933 bits per heavy atom. The van der Waals surface area contributed by atoms with E-state index >= 15 is 0 Å². The normalized spacial score (nSPS) is 18.7. The summed E-state index contributed by atoms with van der Waals surface area (Å²) in [4.78, 5) is 17.3. The number of amides is 1. The van der Waals surface area contributed by atoms with E-state index in [0.717, 1.165) is 38.1 Å². The van der Waals surface area contributed by atoms with Crippen LogP contribution in [0.4, 0.5) is 13.2 Å². The van der Waals surface area contributed by atoms with Crippen molar-refractivity contribution in [2.75, 3.05) is 26.2 Å². The molecule has 0 bridgehead atoms. The SMILES string of the molecule is O=C(c1ccc(-c2cccc(C(F)(F)F)c2)cc1Cl)N1CCC(N2CCCC2)CC1. The van der Waals surface area contributed by atoms with Crippen molar-refractivity contribution in [3.05, 3.63) is 58.6 Å². The minimum absolute atomic E-state index is 0.115. The molecule has 2 aliphatic rings. The number of carbonyl (C=O) groups excluding carboxylic acids is 1. The average Bonchev–Trinajstić information content (AvgIpc) is 3.28. The minimum Gasteiger partial charge on any atom is -0.338 e. The maximum atomic E-state index is 13.0. The topological polar surface area (TPSA) is 23.6 Å². The molecule has 160 valence electrons. The van der Waals surface area contributed by atoms with Gasteiger partial charge in [0.2, 0.25) is 0 Å². The van der Waals surface area contributed by atoms with Gasteiger partial charge in [-0.1, -0.05) is 29.8 Å². The minimum atomic E-state index is -4.41. The molecule has 2 aromatic rings. The van der Waals surface area contributed by atoms with Crippen LogP contribution in [0.1, 0.15) is 41.6 Å². The summed E-state index contributed by atoms with van der Waals surface area (Å²) in [5.74, 6) is -0.115. The third-order valence-corrected chi connectivity index (χ3v) is 6.44. The Morgan fingerprint density at radius 3 is 2.23 bits per heavy atom. The molecule has 0 radical (unpaired) electrons. The first-order valence-corrected chi connectivity index (χ1v) is 10.7. The van der Waals surface area contributed by atoms with E-state index in [1.807, 2.05) is 4.90 Å². The van der Waals surface area contributed by atoms with Gasteiger partial charge in [0.1, 0.15) is 0 Å². The number of piperidine rings is 1. The summed E-state index contributed by atoms with van der Waals surface area (Å²) in [5, 5.41) is 0.261. The van der Waals surface area contributed by atoms with Crippen LogP contribution < -0.4 is 0 Å². The fourth-order valence-electron chi connectivity index (χ4n) is 4.45. The molecule has 0 aromatic heterocycles. The Morgan fingerprint density at radius 2 is 1.60 bits per heavy atom. The summed E-state index contributed by atoms with van der Waals surface area (Å²) in [5.41, 5.74) is 0.650. The van der Waals surface area contributed by atoms with Gasteiger partial charge in [0.05, 0.1) is 16.1 Å². The predicted octanol–water partition coefficient (Wildman–Crippen LogP) is 5.73. The second-order valence-electron chi connectivity index (χ2n) is 8.04. The Balaban J connectivity index is 1.46. The Bertz CT molecular complexity index is 917. The molecular weight excluding hydrogens is 413 g/mol. The number of alkyl halides is 3. The van der Waals surface area contributed by atoms with E-state index in [1.54, 1.807) is 24.3 Å². The van der Waals surface area contributed by atoms with Crippen molar-refractivity contribution in [1.82, 2.24) is 9.80 Å². The van der Waals surface area contributed by atoms with E-state index in [1.165, 1.54) is 18.9 Å². The lowest BCUT2D eigenvalue weighted by molar-refractivity contribution is -0.137. The highest BCUT2D eigenvalue weighted by atomic mass is 35.5. The molecule has 2 aromatic carbocycles. The zero-order valence-electron chi connectivity index (χ0n) is 16.6. The lowest BCUT2D eigenvalue weighted by Crippen LogP contribution is -2.45. The quantitative estimate of drug-likeness (QED) is 0.613. The van der Waals surface area contributed by atoms with Gasteiger partial charge >= 0.3 is 6.18 Å². The van der Waals surface area contributed by atoms with Crippen molar-refractivity contribution in [2.24, 2.45) is 0 Å². The van der Waals surface area contributed by atoms with Gasteiger partial charge in [-0.15, -0.1) is 0 Å². The third kappa shape index (κ3) is 4.49. The fourth-order valence-corrected chi connectivity index (χ4v) is 4.72. The van der Waals surface area contributed by atoms with Gasteiger partial charge in [0.15, 0.2) is 0 Å². The van der Waals surface area contributed by atoms with E-state index < -0.39 is 11.7 Å². The van der Waals surface area contributed by atoms with Crippen LogP contribution in [-0.4, -0.2) is 47.9 Å². The highest BCUT2D eigenvalue weighted by Gasteiger charge is 2.31. The molecule has 0 unspecified atom stereocenters. The van der Waals surface area contributed by atoms with Crippen LogP contribution in [0, 0.1) is 0 Å². The van der Waals surface area contributed by atoms with Crippen molar-refractivity contribution in [3.8, 4) is 11.1 Å². The molecule has 30 heavy (non-hydrogen) atoms. The molecule has 2 aliphatic heterocycles. The molecule has 2 heterocycles. The van der Waals surface area contributed by atoms with Crippen LogP contribution in [0.2, 0.25) is 5.02 Å². The summed E-state index contributed by atoms with van der Waals surface area (Å²) in [6.07, 6.45) is 0.0359. The fraction of sp³-hybridized carbons (Fsp3) is 0.435. The van der Waals surface area contributed by atoms with Gasteiger partial charge in [-0.3, -0.25) is 4.79 Å². The van der Waals surface area contributed by atoms with Crippen LogP contribution in [0.5, 0.6) is 0 Å². The van der Waals surface area contributed by atoms with Crippen molar-refractivity contribution in [3.63, 3.8) is 0 Å². The first-order chi connectivity index (χ1) is 14.3. The Labute approximate surface area is 179 Å². The van der Waals surface area contributed by atoms with Gasteiger partial charge in [-0.25, -0.2) is 0 Å². The second-order valence-corrected chi connectivity index (χ2v) is 8.45. The molecule has 3 nitrogen and oxygen atoms in total. The largest absolute Gasteiger partial charge is 0.416 e. The molecule has 0 N–H and O–H groups in total. The van der Waals surface area contributed by atoms with Gasteiger partial charge in [0, 0.05) is 19.1 Å². The maximum absolute atomic E-state index is 13.0. The van der Waals surface area contributed by atoms with E-state index in [0.29, 0.717) is 35.8 Å². The van der Waals surface area contributed by atoms with Crippen LogP contribution in [0.3, 0.4) is 0 Å². The number of nitrogens with zero attached hydrogens (tertiary/aromatic N) is 2. The van der Waals surface area contributed by atoms with E-state index in [2.05, 4.69) is 4.90 Å². The highest BCUT2D eigenvalue weighted by molar-refractivity contribution is 6.34. The number of rotatable bonds is 3. The van der Waals surface area contributed by atoms with E-state index in [9.17, 15) is 18.0 Å². The van der Waals surface area contributed by atoms with Gasteiger partial charge in [-0.2, -0.15) is 13.2 Å². The summed E-state index contributed by atoms with van der Waals surface area (Å²) >= 11 is 6.38. The number of carbonyl (C=O) groups is 1. The number of hydrogen-bond donors (Lipinski definition) is 0. The van der Waals surface area contributed by atoms with E-state index in [-0.39, 0.29) is 10.9 Å². The Kier molecular flexibility index (Phi) is 6.07. The van der Waals surface area contributed by atoms with Crippen molar-refractivity contribution in [2.45, 2.75) is 37.9 Å². The predicted molar refractivity (Wildman–Crippen MR) is 112 cm³/mol. The number of benzene rings is 2. The average molecular weight is 437 g/mol. The summed E-state index contributed by atoms with van der Waals surface area (Å²) in [6, 6.07) is 10.5. The van der Waals surface area contributed by atoms with Crippen molar-refractivity contribution in [1.29, 1.82) is 0 Å². The molecule has 0 atom stereocenters. The van der Waals surface area contributed by atoms with Crippen LogP contribution >= 0.6 is 11.6 Å². The van der Waals surface area contributed by atoms with E-state index in [4.69, 9.17) is 11.6 Å². The lowest BCUT2D eigenvalue weighted by Gasteiger charge is -2.36. The molecular formula is C23H24ClF3N2O. The maximum Gasteiger partial charge on any atom is 0.416 e. The second kappa shape index (κ2) is 8.60. The van der Waals surface area contributed by atoms with Gasteiger partial charge < -0.3 is 9.80 Å². The number of likely N-dealkylation sites (tertiary alicyclic amines) is 2. The standard InChI is InChI=1S/C23H24ClF3N2O/c24-21-15-17(16-4-3-5-18(14-16)23(25,26)27)6-7-20(21)22(30)29-12-8-19(9-13-29)28-10-1-2-11-28/h3-7,14-15,19H,1-2,8-13H2. The highest BCUT2D eigenvalue weighted by Crippen LogP contribution is 2.33. The molecule has 4 rings (SSSR count). The molecule has 2 saturated heterocycles. The van der Waals surface area contributed by atoms with Crippen LogP contribution in [-0.2, 0) is 6.18 Å². The molecule has 7 heteroatoms. The van der Waals surface area contributed by atoms with Crippen LogP contribution in [0.15, 0.2) is 42.5 Å². The lowest BCUT2D eigenvalue weighted by atomic mass is 10.00. The number of hydrogen-bond acceptors (Lipinski definition) is 2. The van der Waals surface area contributed by atoms with Gasteiger partial charge in [0.25, 0.3) is 5.91 Å². The smallest absolute Gasteiger partial charge is 0.338 e. The molecule has 1 amide bonds. The summed E-state index contributed by atoms with van der Waals surface area (Å²) in [7, 11) is 0. The summed E-state index contributed by atoms with van der Waals surface area (Å²) in [6.45, 7) is 3.71. The third-order valence-electron chi connectivity index (χ3n) is 6.13. The summed E-state index contributed by atoms with van der Waals surface area (Å²) < 4.78 is 39.0. The zero-order valence-corrected chi connectivity index (χ0v) is 17.3. The molecule has 0 spiro atoms. The molecule has 0 aliphatic carbocycles. The van der Waals surface area contributed by atoms with Crippen molar-refractivity contribution >= 4 is 17.5 Å². The molecule has 2 fully saturated rings.